The maximum absolute atomic E-state index is 13.5. The Kier molecular flexibility index (Phi) is 6.51. The molecular weight excluding hydrogens is 680 g/mol. The molecule has 0 aliphatic heterocycles. The van der Waals surface area contributed by atoms with E-state index in [0.29, 0.717) is 17.2 Å². The van der Waals surface area contributed by atoms with Crippen molar-refractivity contribution in [3.63, 3.8) is 0 Å². The van der Waals surface area contributed by atoms with Gasteiger partial charge in [0, 0.05) is 7.05 Å². The summed E-state index contributed by atoms with van der Waals surface area (Å²) in [5.74, 6) is 0.694. The highest BCUT2D eigenvalue weighted by atomic mass is 16.5. The standard InChI is InChI=1S/C40H22N4O9/c1-19-3-5-20(6-4-19)42-37(49)29-17-31-32(18-30(29)38(42)50)40(52)44(39(31)51)22-9-13-24(14-10-22)53-23-11-7-21(8-12-23)43-35(47)27-15-25-26(16-28(27)36(43)48)34(46)41(2)33(25)45/h3-18H,1-2H3. The summed E-state index contributed by atoms with van der Waals surface area (Å²) in [4.78, 5) is 105. The van der Waals surface area contributed by atoms with Gasteiger partial charge in [-0.2, -0.15) is 0 Å². The van der Waals surface area contributed by atoms with Crippen molar-refractivity contribution in [1.29, 1.82) is 0 Å². The van der Waals surface area contributed by atoms with Crippen LogP contribution in [0.25, 0.3) is 60.2 Å². The molecule has 0 saturated carbocycles. The zero-order valence-corrected chi connectivity index (χ0v) is 27.7. The Morgan fingerprint density at radius 1 is 0.358 bits per heavy atom. The van der Waals surface area contributed by atoms with Crippen LogP contribution in [0.1, 0.15) is 5.56 Å². The van der Waals surface area contributed by atoms with Gasteiger partial charge >= 0.3 is 0 Å². The summed E-state index contributed by atoms with van der Waals surface area (Å²) < 4.78 is 9.81. The third kappa shape index (κ3) is 4.43. The Hall–Kier alpha value is -7.54. The highest BCUT2D eigenvalue weighted by Crippen LogP contribution is 2.25. The highest BCUT2D eigenvalue weighted by Gasteiger charge is 2.22. The quantitative estimate of drug-likeness (QED) is 0.262. The molecule has 13 heteroatoms. The SMILES string of the molecule is Cc1ccc(-n2c(=O)c3cc4c(=O)n(-c5ccc(Oc6ccc(-n7c(=O)c8cc9c(=O)n(C)c(=O)c9cc8c7=O)cc6)cc5)c(=O)c4cc3c2=O)cc1. The number of benzene rings is 5. The summed E-state index contributed by atoms with van der Waals surface area (Å²) in [6.07, 6.45) is 0. The first kappa shape index (κ1) is 31.4. The lowest BCUT2D eigenvalue weighted by molar-refractivity contribution is 0.482. The van der Waals surface area contributed by atoms with Crippen molar-refractivity contribution in [2.75, 3.05) is 0 Å². The molecular formula is C40H22N4O9. The summed E-state index contributed by atoms with van der Waals surface area (Å²) >= 11 is 0. The van der Waals surface area contributed by atoms with E-state index in [4.69, 9.17) is 4.74 Å². The average Bonchev–Trinajstić information content (AvgIpc) is 3.74. The summed E-state index contributed by atoms with van der Waals surface area (Å²) in [6, 6.07) is 24.2. The van der Waals surface area contributed by atoms with Crippen LogP contribution in [0.2, 0.25) is 0 Å². The van der Waals surface area contributed by atoms with Gasteiger partial charge in [0.1, 0.15) is 11.5 Å². The normalized spacial score (nSPS) is 11.8. The van der Waals surface area contributed by atoms with E-state index in [1.165, 1.54) is 55.6 Å². The molecule has 0 fully saturated rings. The van der Waals surface area contributed by atoms with Gasteiger partial charge in [0.15, 0.2) is 0 Å². The fourth-order valence-electron chi connectivity index (χ4n) is 6.93. The van der Waals surface area contributed by atoms with Gasteiger partial charge in [-0.1, -0.05) is 17.7 Å². The number of aromatic nitrogens is 4. The van der Waals surface area contributed by atoms with Crippen LogP contribution in [0.3, 0.4) is 0 Å². The van der Waals surface area contributed by atoms with Gasteiger partial charge in [-0.25, -0.2) is 13.7 Å². The predicted octanol–water partition coefficient (Wildman–Crippen LogP) is 2.74. The van der Waals surface area contributed by atoms with Crippen LogP contribution in [-0.2, 0) is 7.05 Å². The van der Waals surface area contributed by atoms with E-state index in [9.17, 15) is 38.4 Å². The summed E-state index contributed by atoms with van der Waals surface area (Å²) in [5.41, 5.74) is -2.99. The zero-order chi connectivity index (χ0) is 37.0. The van der Waals surface area contributed by atoms with Crippen LogP contribution < -0.4 is 49.2 Å². The van der Waals surface area contributed by atoms with Crippen molar-refractivity contribution >= 4 is 43.1 Å². The zero-order valence-electron chi connectivity index (χ0n) is 27.7. The average molecular weight is 703 g/mol. The second kappa shape index (κ2) is 11.0. The monoisotopic (exact) mass is 702 g/mol. The first-order chi connectivity index (χ1) is 25.4. The lowest BCUT2D eigenvalue weighted by Crippen LogP contribution is -2.24. The van der Waals surface area contributed by atoms with Crippen molar-refractivity contribution in [2.24, 2.45) is 7.05 Å². The van der Waals surface area contributed by atoms with E-state index < -0.39 is 44.5 Å². The number of ether oxygens (including phenoxy) is 1. The molecule has 4 aromatic heterocycles. The van der Waals surface area contributed by atoms with Crippen molar-refractivity contribution in [1.82, 2.24) is 18.3 Å². The number of fused-ring (bicyclic) bond motifs is 4. The molecule has 256 valence electrons. The molecule has 0 bridgehead atoms. The van der Waals surface area contributed by atoms with Crippen LogP contribution in [0, 0.1) is 6.92 Å². The fraction of sp³-hybridized carbons (Fsp3) is 0.0500. The molecule has 0 unspecified atom stereocenters. The van der Waals surface area contributed by atoms with Crippen LogP contribution in [-0.4, -0.2) is 18.3 Å². The van der Waals surface area contributed by atoms with Gasteiger partial charge in [0.05, 0.1) is 60.2 Å². The first-order valence-corrected chi connectivity index (χ1v) is 16.2. The van der Waals surface area contributed by atoms with Crippen LogP contribution in [0.5, 0.6) is 11.5 Å². The topological polar surface area (TPSA) is 166 Å². The summed E-state index contributed by atoms with van der Waals surface area (Å²) in [7, 11) is 1.33. The van der Waals surface area contributed by atoms with Crippen LogP contribution >= 0.6 is 0 Å². The second-order valence-corrected chi connectivity index (χ2v) is 12.8. The number of hydrogen-bond acceptors (Lipinski definition) is 9. The van der Waals surface area contributed by atoms with E-state index in [2.05, 4.69) is 0 Å². The number of nitrogens with zero attached hydrogens (tertiary/aromatic N) is 4. The molecule has 0 atom stereocenters. The third-order valence-electron chi connectivity index (χ3n) is 9.70. The lowest BCUT2D eigenvalue weighted by Gasteiger charge is -2.08. The fourth-order valence-corrected chi connectivity index (χ4v) is 6.93. The van der Waals surface area contributed by atoms with E-state index in [0.717, 1.165) is 23.8 Å². The van der Waals surface area contributed by atoms with Gasteiger partial charge in [0.25, 0.3) is 44.5 Å². The molecule has 0 amide bonds. The first-order valence-electron chi connectivity index (χ1n) is 16.2. The molecule has 0 aliphatic carbocycles. The highest BCUT2D eigenvalue weighted by molar-refractivity contribution is 5.99. The molecule has 5 aromatic carbocycles. The lowest BCUT2D eigenvalue weighted by atomic mass is 10.1. The maximum atomic E-state index is 13.5. The molecule has 0 radical (unpaired) electrons. The minimum absolute atomic E-state index is 0.0119. The minimum Gasteiger partial charge on any atom is -0.457 e. The molecule has 0 aliphatic rings. The molecule has 0 N–H and O–H groups in total. The Morgan fingerprint density at radius 3 is 0.887 bits per heavy atom. The van der Waals surface area contributed by atoms with Crippen molar-refractivity contribution in [3.8, 4) is 28.6 Å². The van der Waals surface area contributed by atoms with E-state index >= 15 is 0 Å². The third-order valence-corrected chi connectivity index (χ3v) is 9.70. The smallest absolute Gasteiger partial charge is 0.266 e. The number of hydrogen-bond donors (Lipinski definition) is 0. The van der Waals surface area contributed by atoms with E-state index in [-0.39, 0.29) is 54.5 Å². The Bertz CT molecular complexity index is 3320. The molecule has 0 spiro atoms. The molecule has 53 heavy (non-hydrogen) atoms. The summed E-state index contributed by atoms with van der Waals surface area (Å²) in [6.45, 7) is 1.88. The van der Waals surface area contributed by atoms with Gasteiger partial charge < -0.3 is 4.74 Å². The minimum atomic E-state index is -0.644. The Balaban J connectivity index is 1.01. The Morgan fingerprint density at radius 2 is 0.604 bits per heavy atom. The summed E-state index contributed by atoms with van der Waals surface area (Å²) in [5, 5.41) is 0.298. The second-order valence-electron chi connectivity index (χ2n) is 12.8. The largest absolute Gasteiger partial charge is 0.457 e. The molecule has 9 aromatic rings. The molecule has 0 saturated heterocycles. The molecule has 13 nitrogen and oxygen atoms in total. The van der Waals surface area contributed by atoms with Crippen molar-refractivity contribution < 1.29 is 4.74 Å². The number of aryl methyl sites for hydroxylation is 1. The van der Waals surface area contributed by atoms with Gasteiger partial charge in [-0.15, -0.1) is 0 Å². The maximum Gasteiger partial charge on any atom is 0.266 e. The number of rotatable bonds is 5. The van der Waals surface area contributed by atoms with Gasteiger partial charge in [0.2, 0.25) is 0 Å². The van der Waals surface area contributed by atoms with Crippen molar-refractivity contribution in [2.45, 2.75) is 6.92 Å². The van der Waals surface area contributed by atoms with E-state index in [1.807, 2.05) is 6.92 Å². The van der Waals surface area contributed by atoms with Gasteiger partial charge in [-0.05, 0) is 91.9 Å². The molecule has 9 rings (SSSR count). The van der Waals surface area contributed by atoms with Crippen LogP contribution in [0.4, 0.5) is 0 Å². The Labute approximate surface area is 293 Å². The van der Waals surface area contributed by atoms with Crippen LogP contribution in [0.15, 0.2) is 135 Å². The predicted molar refractivity (Wildman–Crippen MR) is 200 cm³/mol. The van der Waals surface area contributed by atoms with E-state index in [1.54, 1.807) is 48.5 Å². The van der Waals surface area contributed by atoms with Gasteiger partial charge in [-0.3, -0.25) is 42.9 Å². The van der Waals surface area contributed by atoms with Crippen molar-refractivity contribution in [3.05, 3.63) is 185 Å². The molecule has 4 heterocycles.